The third kappa shape index (κ3) is 2.05. The Morgan fingerprint density at radius 3 is 2.75 bits per heavy atom. The van der Waals surface area contributed by atoms with Gasteiger partial charge in [0.15, 0.2) is 0 Å². The van der Waals surface area contributed by atoms with Gasteiger partial charge >= 0.3 is 5.97 Å². The Hall–Kier alpha value is -2.63. The lowest BCUT2D eigenvalue weighted by Gasteiger charge is -2.04. The van der Waals surface area contributed by atoms with Crippen LogP contribution >= 0.6 is 0 Å². The lowest BCUT2D eigenvalue weighted by Crippen LogP contribution is -2.09. The lowest BCUT2D eigenvalue weighted by molar-refractivity contribution is 0.0686. The SMILES string of the molecule is CCc1nnc(Cn2c(C(=O)O)cc3ccccc32)o1. The number of carboxylic acid groups (broad SMARTS) is 1. The second-order valence-electron chi connectivity index (χ2n) is 4.42. The Balaban J connectivity index is 2.08. The molecule has 3 aromatic rings. The molecule has 0 spiro atoms. The molecule has 6 nitrogen and oxygen atoms in total. The second-order valence-corrected chi connectivity index (χ2v) is 4.42. The number of carbonyl (C=O) groups is 1. The van der Waals surface area contributed by atoms with Crippen molar-refractivity contribution in [3.05, 3.63) is 47.8 Å². The van der Waals surface area contributed by atoms with Crippen molar-refractivity contribution >= 4 is 16.9 Å². The van der Waals surface area contributed by atoms with E-state index in [4.69, 9.17) is 4.42 Å². The van der Waals surface area contributed by atoms with Crippen LogP contribution in [0.3, 0.4) is 0 Å². The molecule has 2 aromatic heterocycles. The molecule has 0 atom stereocenters. The summed E-state index contributed by atoms with van der Waals surface area (Å²) in [4.78, 5) is 11.4. The Kier molecular flexibility index (Phi) is 2.98. The van der Waals surface area contributed by atoms with Gasteiger partial charge in [-0.1, -0.05) is 25.1 Å². The number of hydrogen-bond acceptors (Lipinski definition) is 4. The van der Waals surface area contributed by atoms with Crippen molar-refractivity contribution in [2.75, 3.05) is 0 Å². The number of aryl methyl sites for hydroxylation is 1. The monoisotopic (exact) mass is 271 g/mol. The summed E-state index contributed by atoms with van der Waals surface area (Å²) in [6.45, 7) is 2.17. The van der Waals surface area contributed by atoms with E-state index in [2.05, 4.69) is 10.2 Å². The molecule has 0 fully saturated rings. The highest BCUT2D eigenvalue weighted by Crippen LogP contribution is 2.21. The first-order chi connectivity index (χ1) is 9.69. The molecule has 0 unspecified atom stereocenters. The molecule has 0 amide bonds. The maximum atomic E-state index is 11.4. The highest BCUT2D eigenvalue weighted by Gasteiger charge is 2.16. The molecule has 0 saturated carbocycles. The summed E-state index contributed by atoms with van der Waals surface area (Å²) in [5.41, 5.74) is 1.04. The first-order valence-corrected chi connectivity index (χ1v) is 6.32. The molecule has 0 aliphatic heterocycles. The zero-order valence-corrected chi connectivity index (χ0v) is 10.9. The van der Waals surface area contributed by atoms with Gasteiger partial charge in [-0.15, -0.1) is 10.2 Å². The average molecular weight is 271 g/mol. The predicted molar refractivity (Wildman–Crippen MR) is 71.7 cm³/mol. The van der Waals surface area contributed by atoms with E-state index in [1.807, 2.05) is 31.2 Å². The van der Waals surface area contributed by atoms with Crippen LogP contribution in [-0.4, -0.2) is 25.8 Å². The molecule has 0 aliphatic carbocycles. The Bertz CT molecular complexity index is 773. The van der Waals surface area contributed by atoms with Gasteiger partial charge in [-0.3, -0.25) is 0 Å². The molecule has 6 heteroatoms. The van der Waals surface area contributed by atoms with Gasteiger partial charge in [0, 0.05) is 17.3 Å². The molecule has 1 N–H and O–H groups in total. The second kappa shape index (κ2) is 4.80. The highest BCUT2D eigenvalue weighted by atomic mass is 16.4. The molecular formula is C14H13N3O3. The first kappa shape index (κ1) is 12.4. The van der Waals surface area contributed by atoms with E-state index in [1.165, 1.54) is 0 Å². The van der Waals surface area contributed by atoms with E-state index in [-0.39, 0.29) is 12.2 Å². The minimum Gasteiger partial charge on any atom is -0.477 e. The third-order valence-corrected chi connectivity index (χ3v) is 3.13. The average Bonchev–Trinajstić information content (AvgIpc) is 3.04. The van der Waals surface area contributed by atoms with E-state index < -0.39 is 5.97 Å². The normalized spacial score (nSPS) is 11.1. The van der Waals surface area contributed by atoms with Gasteiger partial charge in [0.1, 0.15) is 12.2 Å². The van der Waals surface area contributed by atoms with Gasteiger partial charge in [-0.25, -0.2) is 4.79 Å². The number of rotatable bonds is 4. The minimum atomic E-state index is -0.976. The van der Waals surface area contributed by atoms with Gasteiger partial charge in [0.25, 0.3) is 0 Å². The topological polar surface area (TPSA) is 81.2 Å². The zero-order chi connectivity index (χ0) is 14.1. The fourth-order valence-corrected chi connectivity index (χ4v) is 2.19. The predicted octanol–water partition coefficient (Wildman–Crippen LogP) is 2.33. The van der Waals surface area contributed by atoms with Gasteiger partial charge < -0.3 is 14.1 Å². The summed E-state index contributed by atoms with van der Waals surface area (Å²) < 4.78 is 7.13. The maximum absolute atomic E-state index is 11.4. The largest absolute Gasteiger partial charge is 0.477 e. The number of aromatic carboxylic acids is 1. The Morgan fingerprint density at radius 2 is 2.05 bits per heavy atom. The first-order valence-electron chi connectivity index (χ1n) is 6.32. The van der Waals surface area contributed by atoms with Gasteiger partial charge in [-0.05, 0) is 12.1 Å². The fraction of sp³-hybridized carbons (Fsp3) is 0.214. The Morgan fingerprint density at radius 1 is 1.30 bits per heavy atom. The van der Waals surface area contributed by atoms with Crippen molar-refractivity contribution < 1.29 is 14.3 Å². The fourth-order valence-electron chi connectivity index (χ4n) is 2.19. The molecule has 0 radical (unpaired) electrons. The zero-order valence-electron chi connectivity index (χ0n) is 10.9. The van der Waals surface area contributed by atoms with Crippen LogP contribution in [-0.2, 0) is 13.0 Å². The number of aromatic nitrogens is 3. The number of benzene rings is 1. The van der Waals surface area contributed by atoms with Crippen molar-refractivity contribution in [3.8, 4) is 0 Å². The van der Waals surface area contributed by atoms with E-state index in [1.54, 1.807) is 10.6 Å². The molecule has 1 aromatic carbocycles. The van der Waals surface area contributed by atoms with Gasteiger partial charge in [0.05, 0.1) is 0 Å². The smallest absolute Gasteiger partial charge is 0.352 e. The van der Waals surface area contributed by atoms with Crippen LogP contribution in [0.25, 0.3) is 10.9 Å². The standard InChI is InChI=1S/C14H13N3O3/c1-2-12-15-16-13(20-12)8-17-10-6-4-3-5-9(10)7-11(17)14(18)19/h3-7H,2,8H2,1H3,(H,18,19). The van der Waals surface area contributed by atoms with Crippen molar-refractivity contribution in [2.45, 2.75) is 19.9 Å². The quantitative estimate of drug-likeness (QED) is 0.787. The molecular weight excluding hydrogens is 258 g/mol. The number of nitrogens with zero attached hydrogens (tertiary/aromatic N) is 3. The number of fused-ring (bicyclic) bond motifs is 1. The number of hydrogen-bond donors (Lipinski definition) is 1. The molecule has 0 saturated heterocycles. The van der Waals surface area contributed by atoms with Crippen molar-refractivity contribution in [1.29, 1.82) is 0 Å². The van der Waals surface area contributed by atoms with Crippen LogP contribution in [0, 0.1) is 0 Å². The highest BCUT2D eigenvalue weighted by molar-refractivity contribution is 5.94. The van der Waals surface area contributed by atoms with Crippen LogP contribution < -0.4 is 0 Å². The Labute approximate surface area is 114 Å². The van der Waals surface area contributed by atoms with Crippen LogP contribution in [0.2, 0.25) is 0 Å². The molecule has 2 heterocycles. The summed E-state index contributed by atoms with van der Waals surface area (Å²) in [5.74, 6) is -0.0181. The summed E-state index contributed by atoms with van der Waals surface area (Å²) in [5, 5.41) is 18.0. The molecule has 20 heavy (non-hydrogen) atoms. The van der Waals surface area contributed by atoms with Crippen molar-refractivity contribution in [2.24, 2.45) is 0 Å². The van der Waals surface area contributed by atoms with E-state index in [0.717, 1.165) is 10.9 Å². The molecule has 0 bridgehead atoms. The van der Waals surface area contributed by atoms with Crippen molar-refractivity contribution in [3.63, 3.8) is 0 Å². The molecule has 3 rings (SSSR count). The van der Waals surface area contributed by atoms with Gasteiger partial charge in [-0.2, -0.15) is 0 Å². The van der Waals surface area contributed by atoms with E-state index in [9.17, 15) is 9.90 Å². The lowest BCUT2D eigenvalue weighted by atomic mass is 10.2. The summed E-state index contributed by atoms with van der Waals surface area (Å²) in [6, 6.07) is 9.15. The summed E-state index contributed by atoms with van der Waals surface area (Å²) in [6.07, 6.45) is 0.658. The van der Waals surface area contributed by atoms with E-state index in [0.29, 0.717) is 18.2 Å². The summed E-state index contributed by atoms with van der Waals surface area (Å²) in [7, 11) is 0. The summed E-state index contributed by atoms with van der Waals surface area (Å²) >= 11 is 0. The van der Waals surface area contributed by atoms with E-state index >= 15 is 0 Å². The van der Waals surface area contributed by atoms with Gasteiger partial charge in [0.2, 0.25) is 11.8 Å². The third-order valence-electron chi connectivity index (χ3n) is 3.13. The molecule has 102 valence electrons. The number of carboxylic acids is 1. The van der Waals surface area contributed by atoms with Crippen LogP contribution in [0.4, 0.5) is 0 Å². The maximum Gasteiger partial charge on any atom is 0.352 e. The number of para-hydroxylation sites is 1. The van der Waals surface area contributed by atoms with Crippen LogP contribution in [0.5, 0.6) is 0 Å². The minimum absolute atomic E-state index is 0.211. The molecule has 0 aliphatic rings. The van der Waals surface area contributed by atoms with Crippen molar-refractivity contribution in [1.82, 2.24) is 14.8 Å². The van der Waals surface area contributed by atoms with Crippen LogP contribution in [0.15, 0.2) is 34.7 Å². The van der Waals surface area contributed by atoms with Crippen LogP contribution in [0.1, 0.15) is 29.2 Å².